The van der Waals surface area contributed by atoms with Crippen molar-refractivity contribution in [1.29, 1.82) is 0 Å². The second-order valence-corrected chi connectivity index (χ2v) is 8.76. The van der Waals surface area contributed by atoms with Crippen LogP contribution in [0.2, 0.25) is 0 Å². The van der Waals surface area contributed by atoms with Crippen LogP contribution in [0.4, 0.5) is 0 Å². The summed E-state index contributed by atoms with van der Waals surface area (Å²) in [5.41, 5.74) is 3.49. The van der Waals surface area contributed by atoms with Crippen LogP contribution < -0.4 is 0 Å². The van der Waals surface area contributed by atoms with Crippen LogP contribution >= 0.6 is 23.5 Å². The minimum absolute atomic E-state index is 0.169. The third kappa shape index (κ3) is 2.77. The summed E-state index contributed by atoms with van der Waals surface area (Å²) in [7, 11) is 0. The van der Waals surface area contributed by atoms with Gasteiger partial charge in [0.05, 0.1) is 9.81 Å². The van der Waals surface area contributed by atoms with Gasteiger partial charge in [-0.3, -0.25) is 9.59 Å². The number of benzene rings is 3. The summed E-state index contributed by atoms with van der Waals surface area (Å²) in [5, 5.41) is 0. The lowest BCUT2D eigenvalue weighted by atomic mass is 10.1. The highest BCUT2D eigenvalue weighted by molar-refractivity contribution is 8.34. The van der Waals surface area contributed by atoms with Crippen LogP contribution in [0.5, 0.6) is 0 Å². The number of thioether (sulfide) groups is 2. The number of hydrogen-bond donors (Lipinski definition) is 0. The first kappa shape index (κ1) is 17.3. The Morgan fingerprint density at radius 2 is 0.893 bits per heavy atom. The number of carbonyl (C=O) groups is 2. The SMILES string of the molecule is O=C1C(=C2SC(c3ccccc3)=C(c3ccccc3)S2)C(=O)c2ccccc21. The van der Waals surface area contributed by atoms with Gasteiger partial charge in [0, 0.05) is 20.9 Å². The Hall–Kier alpha value is -2.82. The Morgan fingerprint density at radius 1 is 0.500 bits per heavy atom. The number of ketones is 2. The molecule has 1 aliphatic heterocycles. The Kier molecular flexibility index (Phi) is 4.30. The maximum absolute atomic E-state index is 13.0. The fourth-order valence-electron chi connectivity index (χ4n) is 3.40. The number of Topliss-reactive ketones (excluding diaryl/α,β-unsaturated/α-hetero) is 2. The molecule has 0 bridgehead atoms. The van der Waals surface area contributed by atoms with Crippen molar-refractivity contribution in [2.24, 2.45) is 0 Å². The Morgan fingerprint density at radius 3 is 1.32 bits per heavy atom. The monoisotopic (exact) mass is 398 g/mol. The number of fused-ring (bicyclic) bond motifs is 1. The molecular formula is C24H14O2S2. The minimum atomic E-state index is -0.169. The largest absolute Gasteiger partial charge is 0.288 e. The van der Waals surface area contributed by atoms with Crippen molar-refractivity contribution < 1.29 is 9.59 Å². The molecule has 0 N–H and O–H groups in total. The number of rotatable bonds is 2. The van der Waals surface area contributed by atoms with E-state index < -0.39 is 0 Å². The molecule has 2 nitrogen and oxygen atoms in total. The van der Waals surface area contributed by atoms with Gasteiger partial charge in [-0.2, -0.15) is 0 Å². The number of hydrogen-bond acceptors (Lipinski definition) is 4. The van der Waals surface area contributed by atoms with E-state index in [1.807, 2.05) is 36.4 Å². The summed E-state index contributed by atoms with van der Waals surface area (Å²) in [5.74, 6) is -0.338. The molecule has 3 aromatic rings. The molecule has 28 heavy (non-hydrogen) atoms. The third-order valence-electron chi connectivity index (χ3n) is 4.74. The molecule has 4 heteroatoms. The molecule has 0 saturated carbocycles. The normalized spacial score (nSPS) is 16.1. The molecule has 5 rings (SSSR count). The van der Waals surface area contributed by atoms with E-state index in [0.29, 0.717) is 16.7 Å². The van der Waals surface area contributed by atoms with E-state index in [2.05, 4.69) is 24.3 Å². The smallest absolute Gasteiger partial charge is 0.199 e. The average molecular weight is 399 g/mol. The predicted molar refractivity (Wildman–Crippen MR) is 117 cm³/mol. The fourth-order valence-corrected chi connectivity index (χ4v) is 6.19. The van der Waals surface area contributed by atoms with E-state index in [4.69, 9.17) is 0 Å². The zero-order valence-electron chi connectivity index (χ0n) is 14.7. The van der Waals surface area contributed by atoms with Gasteiger partial charge in [0.15, 0.2) is 11.6 Å². The highest BCUT2D eigenvalue weighted by Crippen LogP contribution is 2.59. The summed E-state index contributed by atoms with van der Waals surface area (Å²) in [6.07, 6.45) is 0. The maximum Gasteiger partial charge on any atom is 0.199 e. The van der Waals surface area contributed by atoms with E-state index in [1.54, 1.807) is 24.3 Å². The first-order chi connectivity index (χ1) is 13.7. The van der Waals surface area contributed by atoms with Crippen LogP contribution in [0, 0.1) is 0 Å². The second-order valence-electron chi connectivity index (χ2n) is 6.46. The molecule has 0 radical (unpaired) electrons. The van der Waals surface area contributed by atoms with Crippen LogP contribution in [-0.2, 0) is 0 Å². The van der Waals surface area contributed by atoms with Crippen LogP contribution in [-0.4, -0.2) is 11.6 Å². The molecule has 1 aliphatic carbocycles. The van der Waals surface area contributed by atoms with Gasteiger partial charge in [0.2, 0.25) is 0 Å². The molecule has 134 valence electrons. The molecule has 0 saturated heterocycles. The lowest BCUT2D eigenvalue weighted by molar-refractivity contribution is 0.0989. The van der Waals surface area contributed by atoms with Crippen molar-refractivity contribution in [2.75, 3.05) is 0 Å². The first-order valence-corrected chi connectivity index (χ1v) is 10.5. The quantitative estimate of drug-likeness (QED) is 0.376. The van der Waals surface area contributed by atoms with Gasteiger partial charge in [-0.1, -0.05) is 108 Å². The van der Waals surface area contributed by atoms with Crippen molar-refractivity contribution in [2.45, 2.75) is 0 Å². The van der Waals surface area contributed by atoms with Crippen molar-refractivity contribution in [3.05, 3.63) is 117 Å². The summed E-state index contributed by atoms with van der Waals surface area (Å²) >= 11 is 3.05. The van der Waals surface area contributed by atoms with Crippen molar-refractivity contribution in [3.63, 3.8) is 0 Å². The van der Waals surface area contributed by atoms with E-state index >= 15 is 0 Å². The standard InChI is InChI=1S/C24H14O2S2/c25-20-17-13-7-8-14-18(17)21(26)19(20)24-27-22(15-9-3-1-4-10-15)23(28-24)16-11-5-2-6-12-16/h1-14H. The summed E-state index contributed by atoms with van der Waals surface area (Å²) in [6, 6.07) is 27.3. The highest BCUT2D eigenvalue weighted by Gasteiger charge is 2.38. The zero-order chi connectivity index (χ0) is 19.1. The van der Waals surface area contributed by atoms with Gasteiger partial charge in [0.1, 0.15) is 0 Å². The van der Waals surface area contributed by atoms with Crippen LogP contribution in [0.25, 0.3) is 9.81 Å². The van der Waals surface area contributed by atoms with E-state index in [0.717, 1.165) is 25.2 Å². The lowest BCUT2D eigenvalue weighted by Gasteiger charge is -2.05. The summed E-state index contributed by atoms with van der Waals surface area (Å²) in [4.78, 5) is 28.1. The fraction of sp³-hybridized carbons (Fsp3) is 0. The topological polar surface area (TPSA) is 34.1 Å². The Balaban J connectivity index is 1.64. The van der Waals surface area contributed by atoms with Crippen LogP contribution in [0.15, 0.2) is 94.7 Å². The third-order valence-corrected chi connectivity index (χ3v) is 7.44. The highest BCUT2D eigenvalue weighted by atomic mass is 32.2. The van der Waals surface area contributed by atoms with Crippen molar-refractivity contribution in [3.8, 4) is 0 Å². The van der Waals surface area contributed by atoms with E-state index in [1.165, 1.54) is 23.5 Å². The Labute approximate surface area is 171 Å². The van der Waals surface area contributed by atoms with Crippen molar-refractivity contribution in [1.82, 2.24) is 0 Å². The van der Waals surface area contributed by atoms with Gasteiger partial charge in [-0.15, -0.1) is 0 Å². The van der Waals surface area contributed by atoms with E-state index in [-0.39, 0.29) is 11.6 Å². The molecular weight excluding hydrogens is 384 g/mol. The Bertz CT molecular complexity index is 1080. The molecule has 0 atom stereocenters. The molecule has 0 aromatic heterocycles. The summed E-state index contributed by atoms with van der Waals surface area (Å²) in [6.45, 7) is 0. The van der Waals surface area contributed by atoms with Gasteiger partial charge >= 0.3 is 0 Å². The number of allylic oxidation sites excluding steroid dienone is 1. The molecule has 0 fully saturated rings. The van der Waals surface area contributed by atoms with Gasteiger partial charge in [-0.25, -0.2) is 0 Å². The average Bonchev–Trinajstić information content (AvgIpc) is 3.29. The second kappa shape index (κ2) is 6.97. The predicted octanol–water partition coefficient (Wildman–Crippen LogP) is 6.28. The maximum atomic E-state index is 13.0. The zero-order valence-corrected chi connectivity index (χ0v) is 16.3. The van der Waals surface area contributed by atoms with Gasteiger partial charge < -0.3 is 0 Å². The minimum Gasteiger partial charge on any atom is -0.288 e. The molecule has 2 aliphatic rings. The number of carbonyl (C=O) groups excluding carboxylic acids is 2. The molecule has 0 unspecified atom stereocenters. The molecule has 0 spiro atoms. The van der Waals surface area contributed by atoms with Gasteiger partial charge in [-0.05, 0) is 11.1 Å². The van der Waals surface area contributed by atoms with E-state index in [9.17, 15) is 9.59 Å². The summed E-state index contributed by atoms with van der Waals surface area (Å²) < 4.78 is 0.768. The van der Waals surface area contributed by atoms with Crippen LogP contribution in [0.1, 0.15) is 31.8 Å². The lowest BCUT2D eigenvalue weighted by Crippen LogP contribution is -2.02. The molecule has 3 aromatic carbocycles. The molecule has 0 amide bonds. The van der Waals surface area contributed by atoms with Crippen LogP contribution in [0.3, 0.4) is 0 Å². The van der Waals surface area contributed by atoms with Gasteiger partial charge in [0.25, 0.3) is 0 Å². The van der Waals surface area contributed by atoms with Crippen molar-refractivity contribution >= 4 is 44.9 Å². The molecule has 1 heterocycles. The first-order valence-electron chi connectivity index (χ1n) is 8.87.